The molecule has 2 amide bonds. The lowest BCUT2D eigenvalue weighted by atomic mass is 9.95. The Hall–Kier alpha value is -3.45. The Labute approximate surface area is 168 Å². The second-order valence-corrected chi connectivity index (χ2v) is 7.29. The van der Waals surface area contributed by atoms with E-state index in [1.165, 1.54) is 0 Å². The maximum absolute atomic E-state index is 13.6. The SMILES string of the molecule is O=C1CN(C(=O)c2cn3c(n2)CNCC3)[C@@H](c2ccccc2)c2ccccc2N1. The van der Waals surface area contributed by atoms with E-state index in [0.717, 1.165) is 35.7 Å². The van der Waals surface area contributed by atoms with Gasteiger partial charge in [-0.15, -0.1) is 0 Å². The van der Waals surface area contributed by atoms with Crippen molar-refractivity contribution >= 4 is 17.5 Å². The van der Waals surface area contributed by atoms with Crippen LogP contribution < -0.4 is 10.6 Å². The van der Waals surface area contributed by atoms with Gasteiger partial charge in [-0.2, -0.15) is 0 Å². The molecule has 3 heterocycles. The number of aromatic nitrogens is 2. The van der Waals surface area contributed by atoms with Crippen molar-refractivity contribution in [1.82, 2.24) is 19.8 Å². The summed E-state index contributed by atoms with van der Waals surface area (Å²) in [5.74, 6) is 0.387. The first-order valence-corrected chi connectivity index (χ1v) is 9.72. The molecular formula is C22H21N5O2. The Bertz CT molecular complexity index is 1050. The second-order valence-electron chi connectivity index (χ2n) is 7.29. The molecule has 0 fully saturated rings. The number of nitrogens with zero attached hydrogens (tertiary/aromatic N) is 3. The van der Waals surface area contributed by atoms with Gasteiger partial charge in [-0.05, 0) is 11.6 Å². The number of benzene rings is 2. The van der Waals surface area contributed by atoms with Gasteiger partial charge in [0.15, 0.2) is 0 Å². The Morgan fingerprint density at radius 3 is 2.69 bits per heavy atom. The number of amides is 2. The van der Waals surface area contributed by atoms with Crippen LogP contribution in [0.25, 0.3) is 0 Å². The lowest BCUT2D eigenvalue weighted by Crippen LogP contribution is -2.39. The van der Waals surface area contributed by atoms with Crippen LogP contribution in [0.2, 0.25) is 0 Å². The summed E-state index contributed by atoms with van der Waals surface area (Å²) in [5.41, 5.74) is 2.95. The highest BCUT2D eigenvalue weighted by atomic mass is 16.2. The van der Waals surface area contributed by atoms with E-state index in [9.17, 15) is 9.59 Å². The first-order valence-electron chi connectivity index (χ1n) is 9.72. The summed E-state index contributed by atoms with van der Waals surface area (Å²) >= 11 is 0. The highest BCUT2D eigenvalue weighted by molar-refractivity contribution is 6.00. The summed E-state index contributed by atoms with van der Waals surface area (Å²) in [6.45, 7) is 2.23. The summed E-state index contributed by atoms with van der Waals surface area (Å²) in [7, 11) is 0. The van der Waals surface area contributed by atoms with Crippen molar-refractivity contribution in [3.8, 4) is 0 Å². The topological polar surface area (TPSA) is 79.3 Å². The normalized spacial score (nSPS) is 18.4. The fraction of sp³-hybridized carbons (Fsp3) is 0.227. The predicted molar refractivity (Wildman–Crippen MR) is 108 cm³/mol. The van der Waals surface area contributed by atoms with Crippen LogP contribution in [0.3, 0.4) is 0 Å². The van der Waals surface area contributed by atoms with Gasteiger partial charge >= 0.3 is 0 Å². The number of carbonyl (C=O) groups excluding carboxylic acids is 2. The van der Waals surface area contributed by atoms with Gasteiger partial charge in [-0.1, -0.05) is 48.5 Å². The fourth-order valence-corrected chi connectivity index (χ4v) is 4.08. The van der Waals surface area contributed by atoms with Crippen LogP contribution in [-0.4, -0.2) is 39.4 Å². The molecule has 3 aromatic rings. The van der Waals surface area contributed by atoms with Crippen molar-refractivity contribution in [3.05, 3.63) is 83.4 Å². The molecule has 0 unspecified atom stereocenters. The van der Waals surface area contributed by atoms with Crippen molar-refractivity contribution in [2.45, 2.75) is 19.1 Å². The zero-order valence-electron chi connectivity index (χ0n) is 15.8. The minimum atomic E-state index is -0.379. The maximum Gasteiger partial charge on any atom is 0.275 e. The fourth-order valence-electron chi connectivity index (χ4n) is 4.08. The van der Waals surface area contributed by atoms with Crippen LogP contribution in [0, 0.1) is 0 Å². The largest absolute Gasteiger partial charge is 0.332 e. The monoisotopic (exact) mass is 387 g/mol. The molecule has 0 aliphatic carbocycles. The van der Waals surface area contributed by atoms with Gasteiger partial charge in [0.25, 0.3) is 5.91 Å². The van der Waals surface area contributed by atoms with E-state index in [1.807, 2.05) is 59.2 Å². The Morgan fingerprint density at radius 2 is 1.86 bits per heavy atom. The highest BCUT2D eigenvalue weighted by Gasteiger charge is 2.35. The van der Waals surface area contributed by atoms with E-state index in [0.29, 0.717) is 12.2 Å². The number of hydrogen-bond donors (Lipinski definition) is 2. The Kier molecular flexibility index (Phi) is 4.37. The van der Waals surface area contributed by atoms with Crippen molar-refractivity contribution < 1.29 is 9.59 Å². The molecule has 2 aliphatic rings. The molecule has 7 heteroatoms. The molecule has 2 N–H and O–H groups in total. The lowest BCUT2D eigenvalue weighted by molar-refractivity contribution is -0.117. The molecule has 2 aromatic carbocycles. The van der Waals surface area contributed by atoms with Crippen LogP contribution in [0.15, 0.2) is 60.8 Å². The Morgan fingerprint density at radius 1 is 1.07 bits per heavy atom. The van der Waals surface area contributed by atoms with Gasteiger partial charge in [0.05, 0.1) is 12.6 Å². The molecule has 2 aliphatic heterocycles. The van der Waals surface area contributed by atoms with Gasteiger partial charge in [-0.3, -0.25) is 9.59 Å². The molecule has 1 atom stereocenters. The van der Waals surface area contributed by atoms with Crippen molar-refractivity contribution in [1.29, 1.82) is 0 Å². The number of fused-ring (bicyclic) bond motifs is 2. The van der Waals surface area contributed by atoms with E-state index in [2.05, 4.69) is 15.6 Å². The summed E-state index contributed by atoms with van der Waals surface area (Å²) in [6.07, 6.45) is 1.80. The Balaban J connectivity index is 1.61. The molecule has 7 nitrogen and oxygen atoms in total. The third-order valence-electron chi connectivity index (χ3n) is 5.42. The zero-order valence-corrected chi connectivity index (χ0v) is 15.8. The van der Waals surface area contributed by atoms with Gasteiger partial charge in [0, 0.05) is 30.5 Å². The lowest BCUT2D eigenvalue weighted by Gasteiger charge is -2.30. The first-order chi connectivity index (χ1) is 14.2. The number of nitrogens with one attached hydrogen (secondary N) is 2. The van der Waals surface area contributed by atoms with Crippen LogP contribution in [0.4, 0.5) is 5.69 Å². The third kappa shape index (κ3) is 3.19. The molecule has 29 heavy (non-hydrogen) atoms. The van der Waals surface area contributed by atoms with Crippen LogP contribution in [0.5, 0.6) is 0 Å². The first kappa shape index (κ1) is 17.6. The number of hydrogen-bond acceptors (Lipinski definition) is 4. The van der Waals surface area contributed by atoms with Crippen LogP contribution in [-0.2, 0) is 17.9 Å². The maximum atomic E-state index is 13.6. The molecule has 1 aromatic heterocycles. The second kappa shape index (κ2) is 7.18. The average Bonchev–Trinajstić information content (AvgIpc) is 3.12. The van der Waals surface area contributed by atoms with Crippen LogP contribution in [0.1, 0.15) is 33.5 Å². The number of carbonyl (C=O) groups is 2. The van der Waals surface area contributed by atoms with Crippen molar-refractivity contribution in [3.63, 3.8) is 0 Å². The zero-order chi connectivity index (χ0) is 19.8. The average molecular weight is 387 g/mol. The van der Waals surface area contributed by atoms with Gasteiger partial charge in [0.1, 0.15) is 18.1 Å². The molecule has 0 bridgehead atoms. The summed E-state index contributed by atoms with van der Waals surface area (Å²) in [5, 5.41) is 6.20. The number of para-hydroxylation sites is 1. The predicted octanol–water partition coefficient (Wildman–Crippen LogP) is 2.17. The number of imidazole rings is 1. The molecule has 5 rings (SSSR count). The van der Waals surface area contributed by atoms with E-state index in [4.69, 9.17) is 0 Å². The highest BCUT2D eigenvalue weighted by Crippen LogP contribution is 2.36. The standard InChI is InChI=1S/C22H21N5O2/c28-20-14-27(22(29)18-13-26-11-10-23-12-19(26)24-18)21(15-6-2-1-3-7-15)16-8-4-5-9-17(16)25-20/h1-9,13,21,23H,10-12,14H2,(H,25,28)/t21-/m0/s1. The molecule has 146 valence electrons. The third-order valence-corrected chi connectivity index (χ3v) is 5.42. The van der Waals surface area contributed by atoms with Gasteiger partial charge < -0.3 is 20.1 Å². The van der Waals surface area contributed by atoms with E-state index < -0.39 is 0 Å². The van der Waals surface area contributed by atoms with E-state index in [-0.39, 0.29) is 24.4 Å². The molecule has 0 spiro atoms. The number of rotatable bonds is 2. The van der Waals surface area contributed by atoms with Crippen molar-refractivity contribution in [2.75, 3.05) is 18.4 Å². The van der Waals surface area contributed by atoms with E-state index in [1.54, 1.807) is 11.1 Å². The smallest absolute Gasteiger partial charge is 0.275 e. The van der Waals surface area contributed by atoms with Crippen LogP contribution >= 0.6 is 0 Å². The van der Waals surface area contributed by atoms with Gasteiger partial charge in [-0.25, -0.2) is 4.98 Å². The quantitative estimate of drug-likeness (QED) is 0.706. The van der Waals surface area contributed by atoms with E-state index >= 15 is 0 Å². The molecule has 0 radical (unpaired) electrons. The summed E-state index contributed by atoms with van der Waals surface area (Å²) < 4.78 is 2.01. The van der Waals surface area contributed by atoms with Crippen molar-refractivity contribution in [2.24, 2.45) is 0 Å². The van der Waals surface area contributed by atoms with Gasteiger partial charge in [0.2, 0.25) is 5.91 Å². The molecule has 0 saturated heterocycles. The minimum absolute atomic E-state index is 0.0342. The molecule has 0 saturated carbocycles. The number of anilines is 1. The molecular weight excluding hydrogens is 366 g/mol. The summed E-state index contributed by atoms with van der Waals surface area (Å²) in [6, 6.07) is 17.1. The summed E-state index contributed by atoms with van der Waals surface area (Å²) in [4.78, 5) is 32.3. The minimum Gasteiger partial charge on any atom is -0.332 e.